The lowest BCUT2D eigenvalue weighted by Crippen LogP contribution is -2.53. The Balaban J connectivity index is 2.06. The number of rotatable bonds is 11. The maximum absolute atomic E-state index is 13.9. The van der Waals surface area contributed by atoms with Gasteiger partial charge in [-0.05, 0) is 40.8 Å². The predicted molar refractivity (Wildman–Crippen MR) is 148 cm³/mol. The number of nitrogens with one attached hydrogen (secondary N) is 1. The van der Waals surface area contributed by atoms with Crippen molar-refractivity contribution >= 4 is 27.5 Å². The minimum atomic E-state index is -3.86. The predicted octanol–water partition coefficient (Wildman–Crippen LogP) is 4.10. The standard InChI is InChI=1S/C29H34FN3O4S/c1-21(2)25-12-8-9-13-26(25)33(38(4,36)37)20-28(34)32(19-23-14-16-24(30)17-15-23)27(29(35)31-3)18-22-10-6-5-7-11-22/h5-17,21,27H,18-20H2,1-4H3,(H,31,35)/t27-/m0/s1. The minimum Gasteiger partial charge on any atom is -0.357 e. The van der Waals surface area contributed by atoms with E-state index in [0.717, 1.165) is 21.7 Å². The van der Waals surface area contributed by atoms with Gasteiger partial charge in [0.2, 0.25) is 21.8 Å². The Morgan fingerprint density at radius 3 is 2.08 bits per heavy atom. The van der Waals surface area contributed by atoms with E-state index in [1.165, 1.54) is 24.1 Å². The molecule has 0 heterocycles. The molecule has 7 nitrogen and oxygen atoms in total. The van der Waals surface area contributed by atoms with Crippen LogP contribution in [0.25, 0.3) is 0 Å². The van der Waals surface area contributed by atoms with E-state index in [1.54, 1.807) is 24.3 Å². The van der Waals surface area contributed by atoms with Crippen LogP contribution in [0.5, 0.6) is 0 Å². The number of carbonyl (C=O) groups excluding carboxylic acids is 2. The maximum Gasteiger partial charge on any atom is 0.244 e. The van der Waals surface area contributed by atoms with Crippen molar-refractivity contribution in [1.29, 1.82) is 0 Å². The van der Waals surface area contributed by atoms with Crippen molar-refractivity contribution < 1.29 is 22.4 Å². The number of halogens is 1. The van der Waals surface area contributed by atoms with Gasteiger partial charge in [-0.2, -0.15) is 0 Å². The van der Waals surface area contributed by atoms with Gasteiger partial charge in [0.05, 0.1) is 11.9 Å². The quantitative estimate of drug-likeness (QED) is 0.398. The minimum absolute atomic E-state index is 0.00649. The number of sulfonamides is 1. The summed E-state index contributed by atoms with van der Waals surface area (Å²) in [6.45, 7) is 3.40. The molecule has 0 aliphatic carbocycles. The van der Waals surface area contributed by atoms with Crippen LogP contribution in [-0.4, -0.2) is 51.0 Å². The van der Waals surface area contributed by atoms with Crippen molar-refractivity contribution in [2.75, 3.05) is 24.2 Å². The van der Waals surface area contributed by atoms with E-state index in [-0.39, 0.29) is 18.9 Å². The highest BCUT2D eigenvalue weighted by Gasteiger charge is 2.33. The normalized spacial score (nSPS) is 12.2. The second-order valence-corrected chi connectivity index (χ2v) is 11.4. The molecule has 38 heavy (non-hydrogen) atoms. The van der Waals surface area contributed by atoms with Crippen LogP contribution < -0.4 is 9.62 Å². The molecule has 3 aromatic carbocycles. The molecule has 0 bridgehead atoms. The van der Waals surface area contributed by atoms with Gasteiger partial charge in [0.1, 0.15) is 18.4 Å². The fraction of sp³-hybridized carbons (Fsp3) is 0.310. The number of amides is 2. The van der Waals surface area contributed by atoms with Gasteiger partial charge in [0, 0.05) is 20.0 Å². The number of benzene rings is 3. The Morgan fingerprint density at radius 1 is 0.895 bits per heavy atom. The van der Waals surface area contributed by atoms with Crippen LogP contribution in [-0.2, 0) is 32.6 Å². The van der Waals surface area contributed by atoms with Crippen LogP contribution in [0.3, 0.4) is 0 Å². The van der Waals surface area contributed by atoms with E-state index in [2.05, 4.69) is 5.32 Å². The SMILES string of the molecule is CNC(=O)[C@H](Cc1ccccc1)N(Cc1ccc(F)cc1)C(=O)CN(c1ccccc1C(C)C)S(C)(=O)=O. The first-order chi connectivity index (χ1) is 18.0. The Hall–Kier alpha value is -3.72. The summed E-state index contributed by atoms with van der Waals surface area (Å²) in [5, 5.41) is 2.63. The van der Waals surface area contributed by atoms with Crippen LogP contribution in [0, 0.1) is 5.82 Å². The van der Waals surface area contributed by atoms with Gasteiger partial charge < -0.3 is 10.2 Å². The van der Waals surface area contributed by atoms with Gasteiger partial charge in [-0.25, -0.2) is 12.8 Å². The molecule has 0 saturated heterocycles. The molecule has 3 aromatic rings. The van der Waals surface area contributed by atoms with E-state index < -0.39 is 40.2 Å². The van der Waals surface area contributed by atoms with Crippen molar-refractivity contribution in [3.63, 3.8) is 0 Å². The molecule has 1 N–H and O–H groups in total. The third-order valence-corrected chi connectivity index (χ3v) is 7.42. The first kappa shape index (κ1) is 28.8. The van der Waals surface area contributed by atoms with Gasteiger partial charge in [0.25, 0.3) is 0 Å². The van der Waals surface area contributed by atoms with Gasteiger partial charge in [-0.1, -0.05) is 74.5 Å². The number of likely N-dealkylation sites (N-methyl/N-ethyl adjacent to an activating group) is 1. The summed E-state index contributed by atoms with van der Waals surface area (Å²) in [4.78, 5) is 28.4. The third-order valence-electron chi connectivity index (χ3n) is 6.29. The topological polar surface area (TPSA) is 86.8 Å². The number of nitrogens with zero attached hydrogens (tertiary/aromatic N) is 2. The van der Waals surface area contributed by atoms with Crippen molar-refractivity contribution in [3.8, 4) is 0 Å². The van der Waals surface area contributed by atoms with Crippen LogP contribution in [0.1, 0.15) is 36.5 Å². The number of carbonyl (C=O) groups is 2. The highest BCUT2D eigenvalue weighted by Crippen LogP contribution is 2.29. The molecule has 0 aliphatic heterocycles. The fourth-order valence-electron chi connectivity index (χ4n) is 4.30. The van der Waals surface area contributed by atoms with E-state index >= 15 is 0 Å². The molecule has 0 unspecified atom stereocenters. The number of para-hydroxylation sites is 1. The summed E-state index contributed by atoms with van der Waals surface area (Å²) in [7, 11) is -2.37. The molecular formula is C29H34FN3O4S. The number of hydrogen-bond acceptors (Lipinski definition) is 4. The van der Waals surface area contributed by atoms with Gasteiger partial charge in [-0.15, -0.1) is 0 Å². The molecule has 0 aromatic heterocycles. The number of anilines is 1. The van der Waals surface area contributed by atoms with Crippen molar-refractivity contribution in [2.45, 2.75) is 38.8 Å². The zero-order chi connectivity index (χ0) is 27.9. The van der Waals surface area contributed by atoms with Crippen molar-refractivity contribution in [2.24, 2.45) is 0 Å². The fourth-order valence-corrected chi connectivity index (χ4v) is 5.17. The Labute approximate surface area is 224 Å². The van der Waals surface area contributed by atoms with E-state index in [4.69, 9.17) is 0 Å². The van der Waals surface area contributed by atoms with Gasteiger partial charge in [0.15, 0.2) is 0 Å². The highest BCUT2D eigenvalue weighted by molar-refractivity contribution is 7.92. The Morgan fingerprint density at radius 2 is 1.50 bits per heavy atom. The number of hydrogen-bond donors (Lipinski definition) is 1. The van der Waals surface area contributed by atoms with Crippen molar-refractivity contribution in [1.82, 2.24) is 10.2 Å². The summed E-state index contributed by atoms with van der Waals surface area (Å²) in [6.07, 6.45) is 1.27. The highest BCUT2D eigenvalue weighted by atomic mass is 32.2. The second-order valence-electron chi connectivity index (χ2n) is 9.45. The van der Waals surface area contributed by atoms with E-state index in [0.29, 0.717) is 11.3 Å². The molecule has 202 valence electrons. The lowest BCUT2D eigenvalue weighted by molar-refractivity contribution is -0.139. The first-order valence-electron chi connectivity index (χ1n) is 12.4. The van der Waals surface area contributed by atoms with Crippen LogP contribution >= 0.6 is 0 Å². The monoisotopic (exact) mass is 539 g/mol. The molecule has 0 spiro atoms. The third kappa shape index (κ3) is 7.41. The molecule has 0 aliphatic rings. The average Bonchev–Trinajstić information content (AvgIpc) is 2.89. The lowest BCUT2D eigenvalue weighted by atomic mass is 10.0. The molecular weight excluding hydrogens is 505 g/mol. The Kier molecular flexibility index (Phi) is 9.63. The van der Waals surface area contributed by atoms with E-state index in [9.17, 15) is 22.4 Å². The summed E-state index contributed by atoms with van der Waals surface area (Å²) >= 11 is 0. The largest absolute Gasteiger partial charge is 0.357 e. The lowest BCUT2D eigenvalue weighted by Gasteiger charge is -2.34. The molecule has 1 atom stereocenters. The van der Waals surface area contributed by atoms with E-state index in [1.807, 2.05) is 56.3 Å². The van der Waals surface area contributed by atoms with Gasteiger partial charge in [-0.3, -0.25) is 13.9 Å². The summed E-state index contributed by atoms with van der Waals surface area (Å²) in [5.41, 5.74) is 2.64. The molecule has 3 rings (SSSR count). The van der Waals surface area contributed by atoms with Crippen LogP contribution in [0.2, 0.25) is 0 Å². The van der Waals surface area contributed by atoms with Crippen LogP contribution in [0.4, 0.5) is 10.1 Å². The maximum atomic E-state index is 13.9. The first-order valence-corrected chi connectivity index (χ1v) is 14.2. The second kappa shape index (κ2) is 12.7. The smallest absolute Gasteiger partial charge is 0.244 e. The zero-order valence-electron chi connectivity index (χ0n) is 22.1. The van der Waals surface area contributed by atoms with Crippen molar-refractivity contribution in [3.05, 3.63) is 101 Å². The summed E-state index contributed by atoms with van der Waals surface area (Å²) < 4.78 is 40.6. The molecule has 0 radical (unpaired) electrons. The molecule has 2 amide bonds. The Bertz CT molecular complexity index is 1350. The zero-order valence-corrected chi connectivity index (χ0v) is 22.9. The summed E-state index contributed by atoms with van der Waals surface area (Å²) in [6, 6.07) is 21.0. The molecule has 0 fully saturated rings. The van der Waals surface area contributed by atoms with Crippen LogP contribution in [0.15, 0.2) is 78.9 Å². The average molecular weight is 540 g/mol. The molecule has 9 heteroatoms. The summed E-state index contributed by atoms with van der Waals surface area (Å²) in [5.74, 6) is -1.36. The molecule has 0 saturated carbocycles. The van der Waals surface area contributed by atoms with Gasteiger partial charge >= 0.3 is 0 Å².